The van der Waals surface area contributed by atoms with Crippen molar-refractivity contribution in [2.24, 2.45) is 0 Å². The first-order valence-corrected chi connectivity index (χ1v) is 6.60. The predicted molar refractivity (Wildman–Crippen MR) is 78.2 cm³/mol. The molecule has 20 heavy (non-hydrogen) atoms. The van der Waals surface area contributed by atoms with Crippen molar-refractivity contribution in [3.63, 3.8) is 0 Å². The van der Waals surface area contributed by atoms with Crippen LogP contribution in [0.25, 0.3) is 0 Å². The van der Waals surface area contributed by atoms with Crippen molar-refractivity contribution in [1.82, 2.24) is 0 Å². The van der Waals surface area contributed by atoms with E-state index in [1.165, 1.54) is 0 Å². The van der Waals surface area contributed by atoms with E-state index in [1.807, 2.05) is 36.4 Å². The minimum Gasteiger partial charge on any atom is -0.372 e. The van der Waals surface area contributed by atoms with Crippen LogP contribution in [0, 0.1) is 0 Å². The van der Waals surface area contributed by atoms with Gasteiger partial charge in [0.2, 0.25) is 0 Å². The summed E-state index contributed by atoms with van der Waals surface area (Å²) < 4.78 is 0. The molecule has 0 aromatic heterocycles. The third-order valence-electron chi connectivity index (χ3n) is 3.69. The maximum absolute atomic E-state index is 12.5. The van der Waals surface area contributed by atoms with Crippen LogP contribution in [-0.2, 0) is 0 Å². The molecule has 0 saturated heterocycles. The van der Waals surface area contributed by atoms with E-state index in [1.54, 1.807) is 25.1 Å². The first-order chi connectivity index (χ1) is 9.60. The summed E-state index contributed by atoms with van der Waals surface area (Å²) in [6.07, 6.45) is 0.157. The van der Waals surface area contributed by atoms with Gasteiger partial charge in [0.25, 0.3) is 0 Å². The van der Waals surface area contributed by atoms with Gasteiger partial charge in [-0.25, -0.2) is 0 Å². The van der Waals surface area contributed by atoms with Gasteiger partial charge in [-0.2, -0.15) is 0 Å². The quantitative estimate of drug-likeness (QED) is 0.866. The van der Waals surface area contributed by atoms with Crippen LogP contribution < -0.4 is 5.32 Å². The lowest BCUT2D eigenvalue weighted by molar-refractivity contribution is 0.0860. The molecule has 3 heteroatoms. The van der Waals surface area contributed by atoms with Gasteiger partial charge in [-0.3, -0.25) is 9.59 Å². The molecular formula is C17H15NO2. The van der Waals surface area contributed by atoms with Crippen LogP contribution in [-0.4, -0.2) is 17.1 Å². The monoisotopic (exact) mass is 265 g/mol. The number of nitrogens with one attached hydrogen (secondary N) is 1. The van der Waals surface area contributed by atoms with Crippen molar-refractivity contribution in [2.75, 3.05) is 5.32 Å². The van der Waals surface area contributed by atoms with E-state index in [2.05, 4.69) is 5.32 Å². The SMILES string of the molecule is CC1(CC(=O)c2ccccc2)Nc2ccccc2C1=O. The maximum Gasteiger partial charge on any atom is 0.190 e. The summed E-state index contributed by atoms with van der Waals surface area (Å²) in [4.78, 5) is 24.8. The van der Waals surface area contributed by atoms with Gasteiger partial charge in [0, 0.05) is 23.2 Å². The molecule has 1 heterocycles. The molecule has 0 fully saturated rings. The Labute approximate surface area is 117 Å². The predicted octanol–water partition coefficient (Wildman–Crippen LogP) is 3.33. The molecule has 1 N–H and O–H groups in total. The topological polar surface area (TPSA) is 46.2 Å². The molecule has 100 valence electrons. The van der Waals surface area contributed by atoms with Crippen LogP contribution in [0.1, 0.15) is 34.1 Å². The first-order valence-electron chi connectivity index (χ1n) is 6.60. The largest absolute Gasteiger partial charge is 0.372 e. The Morgan fingerprint density at radius 3 is 2.40 bits per heavy atom. The lowest BCUT2D eigenvalue weighted by atomic mass is 9.88. The smallest absolute Gasteiger partial charge is 0.190 e. The number of Topliss-reactive ketones (excluding diaryl/α,β-unsaturated/α-hetero) is 2. The fourth-order valence-corrected chi connectivity index (χ4v) is 2.61. The molecule has 1 atom stereocenters. The number of benzene rings is 2. The molecule has 0 aliphatic carbocycles. The zero-order chi connectivity index (χ0) is 14.2. The van der Waals surface area contributed by atoms with Gasteiger partial charge in [-0.1, -0.05) is 42.5 Å². The van der Waals surface area contributed by atoms with Crippen LogP contribution in [0.3, 0.4) is 0 Å². The number of hydrogen-bond donors (Lipinski definition) is 1. The highest BCUT2D eigenvalue weighted by Gasteiger charge is 2.42. The van der Waals surface area contributed by atoms with Crippen molar-refractivity contribution in [3.05, 3.63) is 65.7 Å². The number of fused-ring (bicyclic) bond motifs is 1. The number of carbonyl (C=O) groups excluding carboxylic acids is 2. The van der Waals surface area contributed by atoms with E-state index in [4.69, 9.17) is 0 Å². The molecule has 0 radical (unpaired) electrons. The lowest BCUT2D eigenvalue weighted by Gasteiger charge is -2.22. The average Bonchev–Trinajstić information content (AvgIpc) is 2.72. The Kier molecular flexibility index (Phi) is 2.90. The Morgan fingerprint density at radius 2 is 1.70 bits per heavy atom. The van der Waals surface area contributed by atoms with Crippen molar-refractivity contribution in [2.45, 2.75) is 18.9 Å². The van der Waals surface area contributed by atoms with E-state index in [-0.39, 0.29) is 18.0 Å². The fraction of sp³-hybridized carbons (Fsp3) is 0.176. The van der Waals surface area contributed by atoms with E-state index < -0.39 is 5.54 Å². The minimum absolute atomic E-state index is 0.0163. The molecule has 3 rings (SSSR count). The van der Waals surface area contributed by atoms with Gasteiger partial charge in [-0.05, 0) is 19.1 Å². The molecular weight excluding hydrogens is 250 g/mol. The normalized spacial score (nSPS) is 20.4. The highest BCUT2D eigenvalue weighted by atomic mass is 16.1. The zero-order valence-corrected chi connectivity index (χ0v) is 11.2. The number of rotatable bonds is 3. The number of anilines is 1. The number of hydrogen-bond acceptors (Lipinski definition) is 3. The third-order valence-corrected chi connectivity index (χ3v) is 3.69. The second-order valence-electron chi connectivity index (χ2n) is 5.30. The molecule has 2 aromatic rings. The van der Waals surface area contributed by atoms with Gasteiger partial charge in [0.05, 0.1) is 0 Å². The Morgan fingerprint density at radius 1 is 1.05 bits per heavy atom. The molecule has 0 bridgehead atoms. The molecule has 2 aromatic carbocycles. The minimum atomic E-state index is -0.851. The molecule has 1 aliphatic heterocycles. The summed E-state index contributed by atoms with van der Waals surface area (Å²) in [7, 11) is 0. The standard InChI is InChI=1S/C17H15NO2/c1-17(11-15(19)12-7-3-2-4-8-12)16(20)13-9-5-6-10-14(13)18-17/h2-10,18H,11H2,1H3. The van der Waals surface area contributed by atoms with Crippen LogP contribution in [0.4, 0.5) is 5.69 Å². The number of ketones is 2. The lowest BCUT2D eigenvalue weighted by Crippen LogP contribution is -2.40. The summed E-state index contributed by atoms with van der Waals surface area (Å²) >= 11 is 0. The van der Waals surface area contributed by atoms with Crippen molar-refractivity contribution in [3.8, 4) is 0 Å². The molecule has 0 spiro atoms. The van der Waals surface area contributed by atoms with Gasteiger partial charge in [0.15, 0.2) is 11.6 Å². The first kappa shape index (κ1) is 12.6. The zero-order valence-electron chi connectivity index (χ0n) is 11.2. The van der Waals surface area contributed by atoms with Gasteiger partial charge in [-0.15, -0.1) is 0 Å². The third kappa shape index (κ3) is 2.01. The second kappa shape index (κ2) is 4.60. The van der Waals surface area contributed by atoms with Crippen LogP contribution in [0.2, 0.25) is 0 Å². The summed E-state index contributed by atoms with van der Waals surface area (Å²) in [6, 6.07) is 16.5. The molecule has 1 unspecified atom stereocenters. The highest BCUT2D eigenvalue weighted by Crippen LogP contribution is 2.34. The van der Waals surface area contributed by atoms with Gasteiger partial charge in [0.1, 0.15) is 5.54 Å². The van der Waals surface area contributed by atoms with Gasteiger partial charge < -0.3 is 5.32 Å². The molecule has 0 saturated carbocycles. The van der Waals surface area contributed by atoms with Crippen molar-refractivity contribution >= 4 is 17.3 Å². The van der Waals surface area contributed by atoms with Crippen LogP contribution in [0.15, 0.2) is 54.6 Å². The van der Waals surface area contributed by atoms with E-state index in [0.717, 1.165) is 5.69 Å². The summed E-state index contributed by atoms with van der Waals surface area (Å²) in [5.74, 6) is -0.0425. The van der Waals surface area contributed by atoms with Crippen molar-refractivity contribution in [1.29, 1.82) is 0 Å². The van der Waals surface area contributed by atoms with E-state index in [9.17, 15) is 9.59 Å². The summed E-state index contributed by atoms with van der Waals surface area (Å²) in [6.45, 7) is 1.79. The Bertz CT molecular complexity index is 678. The Balaban J connectivity index is 1.86. The summed E-state index contributed by atoms with van der Waals surface area (Å²) in [5, 5.41) is 3.19. The number of carbonyl (C=O) groups is 2. The van der Waals surface area contributed by atoms with Crippen LogP contribution >= 0.6 is 0 Å². The van der Waals surface area contributed by atoms with Crippen molar-refractivity contribution < 1.29 is 9.59 Å². The summed E-state index contributed by atoms with van der Waals surface area (Å²) in [5.41, 5.74) is 1.26. The number of para-hydroxylation sites is 1. The molecule has 3 nitrogen and oxygen atoms in total. The van der Waals surface area contributed by atoms with E-state index in [0.29, 0.717) is 11.1 Å². The molecule has 1 aliphatic rings. The Hall–Kier alpha value is -2.42. The van der Waals surface area contributed by atoms with Gasteiger partial charge >= 0.3 is 0 Å². The maximum atomic E-state index is 12.5. The van der Waals surface area contributed by atoms with Crippen LogP contribution in [0.5, 0.6) is 0 Å². The van der Waals surface area contributed by atoms with E-state index >= 15 is 0 Å². The highest BCUT2D eigenvalue weighted by molar-refractivity contribution is 6.15. The fourth-order valence-electron chi connectivity index (χ4n) is 2.61. The molecule has 0 amide bonds. The average molecular weight is 265 g/mol. The second-order valence-corrected chi connectivity index (χ2v) is 5.30.